The molecular weight excluding hydrogens is 212 g/mol. The van der Waals surface area contributed by atoms with Crippen LogP contribution in [0.5, 0.6) is 0 Å². The number of rotatable bonds is 4. The SMILES string of the molecule is OCC1(CC2(CO)CCCCC2)CCCCC1. The molecule has 0 unspecified atom stereocenters. The zero-order valence-electron chi connectivity index (χ0n) is 11.1. The lowest BCUT2D eigenvalue weighted by Crippen LogP contribution is -2.39. The highest BCUT2D eigenvalue weighted by atomic mass is 16.3. The summed E-state index contributed by atoms with van der Waals surface area (Å²) in [6.07, 6.45) is 13.5. The van der Waals surface area contributed by atoms with Crippen LogP contribution in [0, 0.1) is 10.8 Å². The first kappa shape index (κ1) is 13.4. The Morgan fingerprint density at radius 1 is 0.588 bits per heavy atom. The van der Waals surface area contributed by atoms with Crippen molar-refractivity contribution in [1.29, 1.82) is 0 Å². The van der Waals surface area contributed by atoms with E-state index in [1.807, 2.05) is 0 Å². The van der Waals surface area contributed by atoms with Crippen LogP contribution < -0.4 is 0 Å². The van der Waals surface area contributed by atoms with Crippen LogP contribution in [0.4, 0.5) is 0 Å². The first-order chi connectivity index (χ1) is 8.24. The molecule has 0 aromatic carbocycles. The maximum Gasteiger partial charge on any atom is 0.0487 e. The minimum absolute atomic E-state index is 0.137. The zero-order valence-corrected chi connectivity index (χ0v) is 11.1. The molecule has 0 amide bonds. The molecule has 0 aliphatic heterocycles. The van der Waals surface area contributed by atoms with Crippen molar-refractivity contribution < 1.29 is 10.2 Å². The smallest absolute Gasteiger partial charge is 0.0487 e. The second kappa shape index (κ2) is 5.71. The van der Waals surface area contributed by atoms with Gasteiger partial charge in [-0.05, 0) is 42.9 Å². The van der Waals surface area contributed by atoms with E-state index >= 15 is 0 Å². The molecule has 0 radical (unpaired) electrons. The van der Waals surface area contributed by atoms with Gasteiger partial charge in [0, 0.05) is 13.2 Å². The summed E-state index contributed by atoms with van der Waals surface area (Å²) in [5.41, 5.74) is 0.274. The third kappa shape index (κ3) is 3.03. The van der Waals surface area contributed by atoms with Gasteiger partial charge in [0.2, 0.25) is 0 Å². The standard InChI is InChI=1S/C15H28O2/c16-12-14(7-3-1-4-8-14)11-15(13-17)9-5-2-6-10-15/h16-17H,1-13H2. The van der Waals surface area contributed by atoms with E-state index in [1.54, 1.807) is 0 Å². The van der Waals surface area contributed by atoms with Crippen molar-refractivity contribution in [3.8, 4) is 0 Å². The number of aliphatic hydroxyl groups excluding tert-OH is 2. The number of hydrogen-bond donors (Lipinski definition) is 2. The molecule has 0 spiro atoms. The summed E-state index contributed by atoms with van der Waals surface area (Å²) in [5, 5.41) is 19.6. The van der Waals surface area contributed by atoms with E-state index in [4.69, 9.17) is 0 Å². The molecule has 2 rings (SSSR count). The second-order valence-electron chi connectivity index (χ2n) is 6.61. The fourth-order valence-electron chi connectivity index (χ4n) is 4.18. The average molecular weight is 240 g/mol. The largest absolute Gasteiger partial charge is 0.396 e. The summed E-state index contributed by atoms with van der Waals surface area (Å²) < 4.78 is 0. The van der Waals surface area contributed by atoms with Gasteiger partial charge in [0.15, 0.2) is 0 Å². The van der Waals surface area contributed by atoms with Gasteiger partial charge in [-0.25, -0.2) is 0 Å². The highest BCUT2D eigenvalue weighted by Crippen LogP contribution is 2.49. The summed E-state index contributed by atoms with van der Waals surface area (Å²) >= 11 is 0. The van der Waals surface area contributed by atoms with Gasteiger partial charge in [-0.15, -0.1) is 0 Å². The molecule has 0 heterocycles. The van der Waals surface area contributed by atoms with Crippen LogP contribution in [0.15, 0.2) is 0 Å². The van der Waals surface area contributed by atoms with Crippen molar-refractivity contribution in [2.75, 3.05) is 13.2 Å². The van der Waals surface area contributed by atoms with Crippen molar-refractivity contribution in [1.82, 2.24) is 0 Å². The van der Waals surface area contributed by atoms with Crippen molar-refractivity contribution in [2.45, 2.75) is 70.6 Å². The van der Waals surface area contributed by atoms with E-state index in [2.05, 4.69) is 0 Å². The van der Waals surface area contributed by atoms with Crippen LogP contribution in [0.3, 0.4) is 0 Å². The van der Waals surface area contributed by atoms with E-state index in [1.165, 1.54) is 64.2 Å². The molecule has 2 saturated carbocycles. The fraction of sp³-hybridized carbons (Fsp3) is 1.00. The number of hydrogen-bond acceptors (Lipinski definition) is 2. The number of aliphatic hydroxyl groups is 2. The van der Waals surface area contributed by atoms with E-state index < -0.39 is 0 Å². The first-order valence-electron chi connectivity index (χ1n) is 7.46. The summed E-state index contributed by atoms with van der Waals surface area (Å²) in [6, 6.07) is 0. The lowest BCUT2D eigenvalue weighted by molar-refractivity contribution is -0.0180. The molecule has 2 fully saturated rings. The molecule has 0 aromatic rings. The Labute approximate surface area is 105 Å². The highest BCUT2D eigenvalue weighted by molar-refractivity contribution is 4.92. The molecule has 2 N–H and O–H groups in total. The van der Waals surface area contributed by atoms with Crippen LogP contribution in [0.25, 0.3) is 0 Å². The molecule has 100 valence electrons. The lowest BCUT2D eigenvalue weighted by atomic mass is 9.61. The van der Waals surface area contributed by atoms with E-state index in [9.17, 15) is 10.2 Å². The van der Waals surface area contributed by atoms with Crippen LogP contribution in [0.1, 0.15) is 70.6 Å². The minimum Gasteiger partial charge on any atom is -0.396 e. The Bertz CT molecular complexity index is 201. The summed E-state index contributed by atoms with van der Waals surface area (Å²) in [7, 11) is 0. The Balaban J connectivity index is 2.04. The zero-order chi connectivity index (χ0) is 12.2. The molecule has 17 heavy (non-hydrogen) atoms. The van der Waals surface area contributed by atoms with Crippen molar-refractivity contribution in [2.24, 2.45) is 10.8 Å². The normalized spacial score (nSPS) is 27.9. The third-order valence-corrected chi connectivity index (χ3v) is 5.25. The topological polar surface area (TPSA) is 40.5 Å². The van der Waals surface area contributed by atoms with Crippen LogP contribution in [0.2, 0.25) is 0 Å². The van der Waals surface area contributed by atoms with Gasteiger partial charge >= 0.3 is 0 Å². The van der Waals surface area contributed by atoms with Crippen molar-refractivity contribution >= 4 is 0 Å². The molecule has 0 bridgehead atoms. The Morgan fingerprint density at radius 2 is 0.941 bits per heavy atom. The molecule has 2 nitrogen and oxygen atoms in total. The van der Waals surface area contributed by atoms with Crippen molar-refractivity contribution in [3.05, 3.63) is 0 Å². The van der Waals surface area contributed by atoms with Gasteiger partial charge < -0.3 is 10.2 Å². The fourth-order valence-corrected chi connectivity index (χ4v) is 4.18. The molecule has 2 aliphatic rings. The third-order valence-electron chi connectivity index (χ3n) is 5.25. The average Bonchev–Trinajstić information content (AvgIpc) is 2.41. The summed E-state index contributed by atoms with van der Waals surface area (Å²) in [6.45, 7) is 0.656. The molecule has 0 saturated heterocycles. The molecule has 0 aromatic heterocycles. The van der Waals surface area contributed by atoms with Gasteiger partial charge in [0.1, 0.15) is 0 Å². The summed E-state index contributed by atoms with van der Waals surface area (Å²) in [5.74, 6) is 0. The quantitative estimate of drug-likeness (QED) is 0.792. The molecule has 2 aliphatic carbocycles. The highest BCUT2D eigenvalue weighted by Gasteiger charge is 2.41. The maximum absolute atomic E-state index is 9.80. The van der Waals surface area contributed by atoms with Gasteiger partial charge in [-0.1, -0.05) is 38.5 Å². The lowest BCUT2D eigenvalue weighted by Gasteiger charge is -2.45. The molecule has 2 heteroatoms. The molecular formula is C15H28O2. The first-order valence-corrected chi connectivity index (χ1v) is 7.46. The van der Waals surface area contributed by atoms with Gasteiger partial charge in [-0.3, -0.25) is 0 Å². The molecule has 0 atom stereocenters. The Kier molecular flexibility index (Phi) is 4.48. The van der Waals surface area contributed by atoms with E-state index in [0.29, 0.717) is 13.2 Å². The van der Waals surface area contributed by atoms with Crippen molar-refractivity contribution in [3.63, 3.8) is 0 Å². The van der Waals surface area contributed by atoms with E-state index in [0.717, 1.165) is 6.42 Å². The van der Waals surface area contributed by atoms with Gasteiger partial charge in [-0.2, -0.15) is 0 Å². The van der Waals surface area contributed by atoms with Crippen LogP contribution in [-0.2, 0) is 0 Å². The minimum atomic E-state index is 0.137. The summed E-state index contributed by atoms with van der Waals surface area (Å²) in [4.78, 5) is 0. The van der Waals surface area contributed by atoms with Crippen LogP contribution >= 0.6 is 0 Å². The van der Waals surface area contributed by atoms with E-state index in [-0.39, 0.29) is 10.8 Å². The predicted octanol–water partition coefficient (Wildman–Crippen LogP) is 3.26. The Morgan fingerprint density at radius 3 is 1.24 bits per heavy atom. The van der Waals surface area contributed by atoms with Gasteiger partial charge in [0.05, 0.1) is 0 Å². The monoisotopic (exact) mass is 240 g/mol. The van der Waals surface area contributed by atoms with Gasteiger partial charge in [0.25, 0.3) is 0 Å². The predicted molar refractivity (Wildman–Crippen MR) is 69.8 cm³/mol. The van der Waals surface area contributed by atoms with Crippen LogP contribution in [-0.4, -0.2) is 23.4 Å². The second-order valence-corrected chi connectivity index (χ2v) is 6.61. The Hall–Kier alpha value is -0.0800. The maximum atomic E-state index is 9.80.